The summed E-state index contributed by atoms with van der Waals surface area (Å²) in [5.41, 5.74) is 1.78. The Balaban J connectivity index is 1.85. The van der Waals surface area contributed by atoms with Gasteiger partial charge in [-0.3, -0.25) is 19.2 Å². The molecule has 0 atom stereocenters. The van der Waals surface area contributed by atoms with Gasteiger partial charge in [0.1, 0.15) is 11.6 Å². The topological polar surface area (TPSA) is 139 Å². The molecular formula is C25H33N9O4. The van der Waals surface area contributed by atoms with Gasteiger partial charge in [0.2, 0.25) is 11.9 Å². The maximum atomic E-state index is 12.2. The van der Waals surface area contributed by atoms with Gasteiger partial charge in [0, 0.05) is 51.7 Å². The molecule has 0 unspecified atom stereocenters. The van der Waals surface area contributed by atoms with Crippen LogP contribution in [0.2, 0.25) is 0 Å². The molecule has 0 bridgehead atoms. The lowest BCUT2D eigenvalue weighted by Crippen LogP contribution is -2.34. The Morgan fingerprint density at radius 3 is 2.55 bits per heavy atom. The van der Waals surface area contributed by atoms with Crippen LogP contribution in [0.25, 0.3) is 0 Å². The first-order valence-electron chi connectivity index (χ1n) is 11.7. The predicted molar refractivity (Wildman–Crippen MR) is 146 cm³/mol. The number of carbonyl (C=O) groups is 2. The number of nitrogens with one attached hydrogen (secondary N) is 3. The molecule has 1 amide bonds. The van der Waals surface area contributed by atoms with Gasteiger partial charge in [-0.1, -0.05) is 6.58 Å². The molecule has 2 aromatic heterocycles. The fraction of sp³-hybridized carbons (Fsp3) is 0.320. The lowest BCUT2D eigenvalue weighted by molar-refractivity contribution is -0.141. The number of amides is 1. The number of hydrogen-bond donors (Lipinski definition) is 3. The number of anilines is 6. The molecule has 13 nitrogen and oxygen atoms in total. The predicted octanol–water partition coefficient (Wildman–Crippen LogP) is 2.37. The van der Waals surface area contributed by atoms with Crippen LogP contribution in [0.15, 0.2) is 49.3 Å². The van der Waals surface area contributed by atoms with Crippen molar-refractivity contribution in [3.05, 3.63) is 49.3 Å². The van der Waals surface area contributed by atoms with Gasteiger partial charge >= 0.3 is 5.97 Å². The highest BCUT2D eigenvalue weighted by Gasteiger charge is 2.17. The summed E-state index contributed by atoms with van der Waals surface area (Å²) in [5, 5.41) is 13.4. The van der Waals surface area contributed by atoms with Crippen LogP contribution < -0.4 is 25.6 Å². The minimum absolute atomic E-state index is 0.171. The lowest BCUT2D eigenvalue weighted by Gasteiger charge is -2.26. The van der Waals surface area contributed by atoms with Crippen molar-refractivity contribution >= 4 is 46.5 Å². The zero-order valence-corrected chi connectivity index (χ0v) is 22.2. The Bertz CT molecular complexity index is 1280. The van der Waals surface area contributed by atoms with Crippen LogP contribution in [0.4, 0.5) is 34.6 Å². The van der Waals surface area contributed by atoms with Gasteiger partial charge in [0.05, 0.1) is 37.8 Å². The van der Waals surface area contributed by atoms with Crippen molar-refractivity contribution in [2.45, 2.75) is 0 Å². The molecule has 3 aromatic rings. The fourth-order valence-corrected chi connectivity index (χ4v) is 3.46. The average Bonchev–Trinajstić information content (AvgIpc) is 3.31. The molecule has 3 rings (SSSR count). The number of hydrogen-bond acceptors (Lipinski definition) is 11. The third-order valence-corrected chi connectivity index (χ3v) is 5.49. The smallest absolute Gasteiger partial charge is 0.319 e. The second-order valence-corrected chi connectivity index (χ2v) is 8.39. The molecular weight excluding hydrogens is 490 g/mol. The normalized spacial score (nSPS) is 10.6. The molecule has 2 heterocycles. The van der Waals surface area contributed by atoms with E-state index in [9.17, 15) is 9.59 Å². The van der Waals surface area contributed by atoms with Crippen molar-refractivity contribution in [1.82, 2.24) is 24.6 Å². The highest BCUT2D eigenvalue weighted by Crippen LogP contribution is 2.38. The van der Waals surface area contributed by atoms with E-state index in [4.69, 9.17) is 9.47 Å². The van der Waals surface area contributed by atoms with Crippen LogP contribution in [0.1, 0.15) is 0 Å². The first kappa shape index (κ1) is 27.9. The summed E-state index contributed by atoms with van der Waals surface area (Å²) in [6.45, 7) is 4.85. The molecule has 202 valence electrons. The van der Waals surface area contributed by atoms with E-state index in [0.717, 1.165) is 0 Å². The SMILES string of the molecule is C=CC(=O)Nc1cc(Nc2nccc(Nc3ccn(C)n3)n2)c(OC)cc1N(C)CCN(C)CC(=O)OC. The molecule has 13 heteroatoms. The number of rotatable bonds is 13. The van der Waals surface area contributed by atoms with Crippen LogP contribution in [0.5, 0.6) is 5.75 Å². The van der Waals surface area contributed by atoms with Crippen molar-refractivity contribution in [3.63, 3.8) is 0 Å². The molecule has 38 heavy (non-hydrogen) atoms. The van der Waals surface area contributed by atoms with Crippen LogP contribution in [0, 0.1) is 0 Å². The van der Waals surface area contributed by atoms with Crippen LogP contribution >= 0.6 is 0 Å². The van der Waals surface area contributed by atoms with Crippen molar-refractivity contribution in [3.8, 4) is 5.75 Å². The van der Waals surface area contributed by atoms with E-state index in [1.54, 1.807) is 36.2 Å². The van der Waals surface area contributed by atoms with Gasteiger partial charge in [-0.05, 0) is 25.3 Å². The molecule has 0 saturated heterocycles. The second-order valence-electron chi connectivity index (χ2n) is 8.39. The number of methoxy groups -OCH3 is 2. The molecule has 0 aliphatic heterocycles. The zero-order valence-electron chi connectivity index (χ0n) is 22.2. The molecule has 1 aromatic carbocycles. The first-order chi connectivity index (χ1) is 18.2. The summed E-state index contributed by atoms with van der Waals surface area (Å²) >= 11 is 0. The molecule has 0 saturated carbocycles. The Kier molecular flexibility index (Phi) is 9.60. The third kappa shape index (κ3) is 7.67. The zero-order chi connectivity index (χ0) is 27.7. The van der Waals surface area contributed by atoms with Crippen molar-refractivity contribution < 1.29 is 19.1 Å². The largest absolute Gasteiger partial charge is 0.494 e. The standard InChI is InChI=1S/C25H33N9O4/c1-7-23(35)27-17-14-18(28-25-26-10-8-21(30-25)29-22-9-11-34(4)31-22)20(37-5)15-19(17)33(3)13-12-32(2)16-24(36)38-6/h7-11,14-15H,1,12-13,16H2,2-6H3,(H,27,35)(H2,26,28,29,30,31). The van der Waals surface area contributed by atoms with E-state index in [0.29, 0.717) is 53.5 Å². The number of nitrogens with zero attached hydrogens (tertiary/aromatic N) is 6. The van der Waals surface area contributed by atoms with Crippen molar-refractivity contribution in [1.29, 1.82) is 0 Å². The lowest BCUT2D eigenvalue weighted by atomic mass is 10.2. The Morgan fingerprint density at radius 1 is 1.11 bits per heavy atom. The summed E-state index contributed by atoms with van der Waals surface area (Å²) < 4.78 is 12.0. The minimum Gasteiger partial charge on any atom is -0.494 e. The summed E-state index contributed by atoms with van der Waals surface area (Å²) in [6, 6.07) is 7.10. The Labute approximate surface area is 221 Å². The molecule has 0 fully saturated rings. The molecule has 3 N–H and O–H groups in total. The van der Waals surface area contributed by atoms with E-state index >= 15 is 0 Å². The van der Waals surface area contributed by atoms with Gasteiger partial charge in [0.15, 0.2) is 5.82 Å². The number of carbonyl (C=O) groups excluding carboxylic acids is 2. The molecule has 0 aliphatic carbocycles. The number of esters is 1. The highest BCUT2D eigenvalue weighted by atomic mass is 16.5. The first-order valence-corrected chi connectivity index (χ1v) is 11.7. The quantitative estimate of drug-likeness (QED) is 0.225. The highest BCUT2D eigenvalue weighted by molar-refractivity contribution is 6.02. The Morgan fingerprint density at radius 2 is 1.89 bits per heavy atom. The van der Waals surface area contributed by atoms with Gasteiger partial charge in [-0.2, -0.15) is 10.1 Å². The number of ether oxygens (including phenoxy) is 2. The van der Waals surface area contributed by atoms with Crippen molar-refractivity contribution in [2.24, 2.45) is 7.05 Å². The minimum atomic E-state index is -0.364. The van der Waals surface area contributed by atoms with Crippen LogP contribution in [0.3, 0.4) is 0 Å². The molecule has 0 spiro atoms. The summed E-state index contributed by atoms with van der Waals surface area (Å²) in [4.78, 5) is 36.4. The second kappa shape index (κ2) is 13.1. The van der Waals surface area contributed by atoms with E-state index in [-0.39, 0.29) is 18.4 Å². The number of aryl methyl sites for hydroxylation is 1. The van der Waals surface area contributed by atoms with Crippen LogP contribution in [-0.4, -0.2) is 84.5 Å². The Hall–Kier alpha value is -4.65. The van der Waals surface area contributed by atoms with E-state index in [2.05, 4.69) is 37.6 Å². The van der Waals surface area contributed by atoms with Gasteiger partial charge in [-0.15, -0.1) is 0 Å². The summed E-state index contributed by atoms with van der Waals surface area (Å²) in [7, 11) is 8.45. The molecule has 0 radical (unpaired) electrons. The van der Waals surface area contributed by atoms with E-state index in [1.807, 2.05) is 43.2 Å². The maximum Gasteiger partial charge on any atom is 0.319 e. The monoisotopic (exact) mass is 523 g/mol. The van der Waals surface area contributed by atoms with E-state index in [1.165, 1.54) is 13.2 Å². The van der Waals surface area contributed by atoms with E-state index < -0.39 is 0 Å². The third-order valence-electron chi connectivity index (χ3n) is 5.49. The summed E-state index contributed by atoms with van der Waals surface area (Å²) in [6.07, 6.45) is 4.63. The number of likely N-dealkylation sites (N-methyl/N-ethyl adjacent to an activating group) is 2. The maximum absolute atomic E-state index is 12.2. The molecule has 0 aliphatic rings. The summed E-state index contributed by atoms with van der Waals surface area (Å²) in [5.74, 6) is 1.35. The van der Waals surface area contributed by atoms with Crippen LogP contribution in [-0.2, 0) is 21.4 Å². The average molecular weight is 524 g/mol. The van der Waals surface area contributed by atoms with Gasteiger partial charge in [-0.25, -0.2) is 4.98 Å². The number of aromatic nitrogens is 4. The fourth-order valence-electron chi connectivity index (χ4n) is 3.46. The van der Waals surface area contributed by atoms with Gasteiger partial charge < -0.3 is 30.3 Å². The number of benzene rings is 1. The van der Waals surface area contributed by atoms with Crippen molar-refractivity contribution in [2.75, 3.05) is 68.8 Å². The van der Waals surface area contributed by atoms with Gasteiger partial charge in [0.25, 0.3) is 0 Å².